The topological polar surface area (TPSA) is 47.6 Å². The van der Waals surface area contributed by atoms with Gasteiger partial charge in [-0.05, 0) is 58.6 Å². The van der Waals surface area contributed by atoms with E-state index in [-0.39, 0.29) is 5.91 Å². The van der Waals surface area contributed by atoms with Crippen LogP contribution in [0.3, 0.4) is 0 Å². The number of anilines is 1. The van der Waals surface area contributed by atoms with Gasteiger partial charge in [0.2, 0.25) is 0 Å². The summed E-state index contributed by atoms with van der Waals surface area (Å²) in [6, 6.07) is 11.3. The minimum absolute atomic E-state index is 0.190. The highest BCUT2D eigenvalue weighted by molar-refractivity contribution is 9.10. The van der Waals surface area contributed by atoms with Gasteiger partial charge < -0.3 is 14.8 Å². The van der Waals surface area contributed by atoms with E-state index in [1.165, 1.54) is 5.56 Å². The predicted molar refractivity (Wildman–Crippen MR) is 100 cm³/mol. The van der Waals surface area contributed by atoms with Crippen LogP contribution in [0.4, 0.5) is 5.69 Å². The summed E-state index contributed by atoms with van der Waals surface area (Å²) < 4.78 is 11.8. The van der Waals surface area contributed by atoms with E-state index >= 15 is 0 Å². The quantitative estimate of drug-likeness (QED) is 0.717. The SMILES string of the molecule is CCCOc1c(Br)cc(C(=O)Nc2cccc(CC)c2)cc1OC. The van der Waals surface area contributed by atoms with E-state index in [4.69, 9.17) is 9.47 Å². The van der Waals surface area contributed by atoms with Crippen LogP contribution >= 0.6 is 15.9 Å². The van der Waals surface area contributed by atoms with Crippen LogP contribution in [0.2, 0.25) is 0 Å². The van der Waals surface area contributed by atoms with Crippen molar-refractivity contribution in [1.29, 1.82) is 0 Å². The number of hydrogen-bond acceptors (Lipinski definition) is 3. The van der Waals surface area contributed by atoms with Crippen LogP contribution in [0.15, 0.2) is 40.9 Å². The molecule has 24 heavy (non-hydrogen) atoms. The second-order valence-corrected chi connectivity index (χ2v) is 6.20. The van der Waals surface area contributed by atoms with Crippen molar-refractivity contribution in [3.05, 3.63) is 52.0 Å². The molecule has 2 aromatic rings. The third-order valence-corrected chi connectivity index (χ3v) is 4.12. The normalized spacial score (nSPS) is 10.3. The molecule has 0 saturated carbocycles. The Labute approximate surface area is 151 Å². The molecule has 0 aliphatic carbocycles. The van der Waals surface area contributed by atoms with Crippen molar-refractivity contribution >= 4 is 27.5 Å². The fourth-order valence-electron chi connectivity index (χ4n) is 2.27. The predicted octanol–water partition coefficient (Wildman–Crippen LogP) is 5.06. The number of carbonyl (C=O) groups is 1. The highest BCUT2D eigenvalue weighted by Crippen LogP contribution is 2.37. The Hall–Kier alpha value is -2.01. The minimum Gasteiger partial charge on any atom is -0.493 e. The lowest BCUT2D eigenvalue weighted by atomic mass is 10.1. The summed E-state index contributed by atoms with van der Waals surface area (Å²) in [6.07, 6.45) is 1.82. The Kier molecular flexibility index (Phi) is 6.67. The molecule has 0 fully saturated rings. The molecular formula is C19H22BrNO3. The van der Waals surface area contributed by atoms with E-state index in [9.17, 15) is 4.79 Å². The summed E-state index contributed by atoms with van der Waals surface area (Å²) in [6.45, 7) is 4.70. The van der Waals surface area contributed by atoms with Gasteiger partial charge in [-0.1, -0.05) is 26.0 Å². The summed E-state index contributed by atoms with van der Waals surface area (Å²) in [5, 5.41) is 2.92. The van der Waals surface area contributed by atoms with E-state index in [1.807, 2.05) is 31.2 Å². The number of amides is 1. The number of rotatable bonds is 7. The number of benzene rings is 2. The molecule has 5 heteroatoms. The van der Waals surface area contributed by atoms with Crippen LogP contribution in [0.1, 0.15) is 36.2 Å². The molecule has 2 rings (SSSR count). The zero-order valence-corrected chi connectivity index (χ0v) is 15.8. The third kappa shape index (κ3) is 4.51. The standard InChI is InChI=1S/C19H22BrNO3/c1-4-9-24-18-16(20)11-14(12-17(18)23-3)19(22)21-15-8-6-7-13(5-2)10-15/h6-8,10-12H,4-5,9H2,1-3H3,(H,21,22). The molecule has 0 aromatic heterocycles. The maximum Gasteiger partial charge on any atom is 0.255 e. The zero-order chi connectivity index (χ0) is 17.5. The smallest absolute Gasteiger partial charge is 0.255 e. The monoisotopic (exact) mass is 391 g/mol. The molecule has 0 aliphatic heterocycles. The van der Waals surface area contributed by atoms with Gasteiger partial charge in [0.1, 0.15) is 0 Å². The number of methoxy groups -OCH3 is 1. The van der Waals surface area contributed by atoms with Crippen LogP contribution in [-0.2, 0) is 6.42 Å². The van der Waals surface area contributed by atoms with Gasteiger partial charge in [0, 0.05) is 11.3 Å². The highest BCUT2D eigenvalue weighted by atomic mass is 79.9. The Balaban J connectivity index is 2.24. The van der Waals surface area contributed by atoms with Crippen LogP contribution in [0.5, 0.6) is 11.5 Å². The molecule has 0 saturated heterocycles. The van der Waals surface area contributed by atoms with Crippen LogP contribution in [0, 0.1) is 0 Å². The van der Waals surface area contributed by atoms with E-state index in [2.05, 4.69) is 28.2 Å². The first-order valence-electron chi connectivity index (χ1n) is 7.99. The van der Waals surface area contributed by atoms with Gasteiger partial charge in [-0.25, -0.2) is 0 Å². The Morgan fingerprint density at radius 3 is 2.67 bits per heavy atom. The van der Waals surface area contributed by atoms with Crippen LogP contribution < -0.4 is 14.8 Å². The second-order valence-electron chi connectivity index (χ2n) is 5.35. The van der Waals surface area contributed by atoms with Gasteiger partial charge in [0.15, 0.2) is 11.5 Å². The number of hydrogen-bond donors (Lipinski definition) is 1. The lowest BCUT2D eigenvalue weighted by Crippen LogP contribution is -2.12. The van der Waals surface area contributed by atoms with Crippen LogP contribution in [-0.4, -0.2) is 19.6 Å². The first-order valence-corrected chi connectivity index (χ1v) is 8.79. The molecule has 2 aromatic carbocycles. The van der Waals surface area contributed by atoms with E-state index in [0.717, 1.165) is 18.5 Å². The van der Waals surface area contributed by atoms with Gasteiger partial charge in [0.25, 0.3) is 5.91 Å². The van der Waals surface area contributed by atoms with E-state index in [0.29, 0.717) is 28.1 Å². The lowest BCUT2D eigenvalue weighted by molar-refractivity contribution is 0.102. The molecule has 0 unspecified atom stereocenters. The Morgan fingerprint density at radius 1 is 1.21 bits per heavy atom. The van der Waals surface area contributed by atoms with Crippen molar-refractivity contribution in [2.45, 2.75) is 26.7 Å². The van der Waals surface area contributed by atoms with E-state index in [1.54, 1.807) is 19.2 Å². The van der Waals surface area contributed by atoms with Crippen molar-refractivity contribution in [3.8, 4) is 11.5 Å². The molecular weight excluding hydrogens is 370 g/mol. The molecule has 0 aliphatic rings. The van der Waals surface area contributed by atoms with Gasteiger partial charge in [-0.15, -0.1) is 0 Å². The number of halogens is 1. The molecule has 0 bridgehead atoms. The van der Waals surface area contributed by atoms with Gasteiger partial charge >= 0.3 is 0 Å². The number of carbonyl (C=O) groups excluding carboxylic acids is 1. The lowest BCUT2D eigenvalue weighted by Gasteiger charge is -2.14. The number of nitrogens with one attached hydrogen (secondary N) is 1. The van der Waals surface area contributed by atoms with Gasteiger partial charge in [-0.2, -0.15) is 0 Å². The molecule has 1 N–H and O–H groups in total. The average Bonchev–Trinajstić information content (AvgIpc) is 2.60. The number of aryl methyl sites for hydroxylation is 1. The zero-order valence-electron chi connectivity index (χ0n) is 14.2. The van der Waals surface area contributed by atoms with E-state index < -0.39 is 0 Å². The maximum atomic E-state index is 12.5. The van der Waals surface area contributed by atoms with Gasteiger partial charge in [0.05, 0.1) is 18.2 Å². The van der Waals surface area contributed by atoms with Crippen LogP contribution in [0.25, 0.3) is 0 Å². The summed E-state index contributed by atoms with van der Waals surface area (Å²) in [5.41, 5.74) is 2.46. The molecule has 1 amide bonds. The van der Waals surface area contributed by atoms with Crippen molar-refractivity contribution in [1.82, 2.24) is 0 Å². The third-order valence-electron chi connectivity index (χ3n) is 3.54. The molecule has 0 heterocycles. The summed E-state index contributed by atoms with van der Waals surface area (Å²) in [5.74, 6) is 0.957. The van der Waals surface area contributed by atoms with Crippen molar-refractivity contribution in [2.24, 2.45) is 0 Å². The molecule has 0 atom stereocenters. The first-order chi connectivity index (χ1) is 11.6. The number of ether oxygens (including phenoxy) is 2. The average molecular weight is 392 g/mol. The maximum absolute atomic E-state index is 12.5. The fraction of sp³-hybridized carbons (Fsp3) is 0.316. The second kappa shape index (κ2) is 8.73. The summed E-state index contributed by atoms with van der Waals surface area (Å²) >= 11 is 3.46. The van der Waals surface area contributed by atoms with Crippen molar-refractivity contribution in [2.75, 3.05) is 19.0 Å². The Bertz CT molecular complexity index is 716. The molecule has 128 valence electrons. The molecule has 4 nitrogen and oxygen atoms in total. The highest BCUT2D eigenvalue weighted by Gasteiger charge is 2.15. The largest absolute Gasteiger partial charge is 0.493 e. The molecule has 0 spiro atoms. The van der Waals surface area contributed by atoms with Gasteiger partial charge in [-0.3, -0.25) is 4.79 Å². The van der Waals surface area contributed by atoms with Crippen molar-refractivity contribution in [3.63, 3.8) is 0 Å². The Morgan fingerprint density at radius 2 is 2.00 bits per heavy atom. The summed E-state index contributed by atoms with van der Waals surface area (Å²) in [7, 11) is 1.56. The first kappa shape index (κ1) is 18.3. The fourth-order valence-corrected chi connectivity index (χ4v) is 2.82. The van der Waals surface area contributed by atoms with Crippen molar-refractivity contribution < 1.29 is 14.3 Å². The molecule has 0 radical (unpaired) electrons. The summed E-state index contributed by atoms with van der Waals surface area (Å²) in [4.78, 5) is 12.5. The minimum atomic E-state index is -0.190.